The minimum atomic E-state index is -0.504. The van der Waals surface area contributed by atoms with Gasteiger partial charge in [0.15, 0.2) is 5.69 Å². The molecule has 2 amide bonds. The number of non-ortho nitro benzene ring substituents is 1. The number of anilines is 1. The summed E-state index contributed by atoms with van der Waals surface area (Å²) in [6.07, 6.45) is 0. The number of amides is 2. The van der Waals surface area contributed by atoms with Gasteiger partial charge in [-0.15, -0.1) is 11.3 Å². The first-order valence-corrected chi connectivity index (χ1v) is 9.13. The number of carbonyl (C=O) groups is 2. The number of nitrogens with one attached hydrogen (secondary N) is 1. The largest absolute Gasteiger partial charge is 0.461 e. The fraction of sp³-hybridized carbons (Fsp3) is 0.353. The van der Waals surface area contributed by atoms with Crippen LogP contribution in [0.25, 0.3) is 0 Å². The van der Waals surface area contributed by atoms with Crippen LogP contribution in [0, 0.1) is 10.1 Å². The van der Waals surface area contributed by atoms with Crippen molar-refractivity contribution in [2.75, 3.05) is 11.9 Å². The molecule has 0 saturated heterocycles. The van der Waals surface area contributed by atoms with Crippen molar-refractivity contribution < 1.29 is 19.2 Å². The summed E-state index contributed by atoms with van der Waals surface area (Å²) in [5, 5.41) is 15.6. The van der Waals surface area contributed by atoms with Crippen LogP contribution in [0.3, 0.4) is 0 Å². The first-order chi connectivity index (χ1) is 12.8. The Morgan fingerprint density at radius 2 is 2.00 bits per heavy atom. The zero-order valence-corrected chi connectivity index (χ0v) is 16.0. The van der Waals surface area contributed by atoms with Crippen molar-refractivity contribution >= 4 is 34.7 Å². The molecular formula is C17H20N4O5S. The number of esters is 1. The van der Waals surface area contributed by atoms with E-state index >= 15 is 0 Å². The van der Waals surface area contributed by atoms with Crippen LogP contribution in [0.4, 0.5) is 16.2 Å². The number of carbonyl (C=O) groups excluding carboxylic acids is 2. The van der Waals surface area contributed by atoms with Crippen LogP contribution in [0.2, 0.25) is 0 Å². The molecule has 1 aromatic heterocycles. The molecule has 1 aromatic carbocycles. The summed E-state index contributed by atoms with van der Waals surface area (Å²) < 4.78 is 4.91. The van der Waals surface area contributed by atoms with Crippen molar-refractivity contribution in [2.45, 2.75) is 33.4 Å². The number of nitro groups is 1. The molecule has 0 unspecified atom stereocenters. The quantitative estimate of drug-likeness (QED) is 0.437. The van der Waals surface area contributed by atoms with E-state index in [1.54, 1.807) is 17.2 Å². The molecule has 0 aliphatic rings. The topological polar surface area (TPSA) is 115 Å². The predicted octanol–water partition coefficient (Wildman–Crippen LogP) is 3.67. The van der Waals surface area contributed by atoms with Gasteiger partial charge in [0, 0.05) is 29.2 Å². The molecule has 0 bridgehead atoms. The first kappa shape index (κ1) is 20.3. The number of nitrogens with zero attached hydrogens (tertiary/aromatic N) is 3. The number of nitro benzene ring substituents is 1. The Morgan fingerprint density at radius 1 is 1.33 bits per heavy atom. The van der Waals surface area contributed by atoms with Gasteiger partial charge in [0.2, 0.25) is 0 Å². The Kier molecular flexibility index (Phi) is 6.83. The van der Waals surface area contributed by atoms with Crippen molar-refractivity contribution in [3.05, 3.63) is 50.5 Å². The zero-order valence-electron chi connectivity index (χ0n) is 15.2. The van der Waals surface area contributed by atoms with Crippen molar-refractivity contribution in [3.8, 4) is 0 Å². The molecule has 0 radical (unpaired) electrons. The van der Waals surface area contributed by atoms with Gasteiger partial charge in [-0.2, -0.15) is 0 Å². The lowest BCUT2D eigenvalue weighted by atomic mass is 10.3. The molecule has 27 heavy (non-hydrogen) atoms. The second kappa shape index (κ2) is 9.08. The van der Waals surface area contributed by atoms with Gasteiger partial charge in [0.1, 0.15) is 5.01 Å². The molecule has 2 rings (SSSR count). The second-order valence-electron chi connectivity index (χ2n) is 5.80. The number of urea groups is 1. The van der Waals surface area contributed by atoms with Gasteiger partial charge in [-0.3, -0.25) is 10.1 Å². The number of hydrogen-bond donors (Lipinski definition) is 1. The molecule has 0 atom stereocenters. The molecule has 0 aliphatic carbocycles. The normalized spacial score (nSPS) is 10.5. The highest BCUT2D eigenvalue weighted by atomic mass is 32.1. The van der Waals surface area contributed by atoms with E-state index in [1.807, 2.05) is 13.8 Å². The number of thiazole rings is 1. The van der Waals surface area contributed by atoms with Crippen LogP contribution < -0.4 is 5.32 Å². The molecule has 1 heterocycles. The average Bonchev–Trinajstić information content (AvgIpc) is 3.09. The first-order valence-electron chi connectivity index (χ1n) is 8.25. The summed E-state index contributed by atoms with van der Waals surface area (Å²) in [6, 6.07) is 5.08. The summed E-state index contributed by atoms with van der Waals surface area (Å²) >= 11 is 1.27. The highest BCUT2D eigenvalue weighted by Gasteiger charge is 2.20. The lowest BCUT2D eigenvalue weighted by molar-refractivity contribution is -0.384. The third-order valence-electron chi connectivity index (χ3n) is 3.56. The van der Waals surface area contributed by atoms with Crippen LogP contribution >= 0.6 is 11.3 Å². The highest BCUT2D eigenvalue weighted by Crippen LogP contribution is 2.18. The number of ether oxygens (including phenoxy) is 1. The van der Waals surface area contributed by atoms with Crippen molar-refractivity contribution in [3.63, 3.8) is 0 Å². The third kappa shape index (κ3) is 5.48. The molecule has 0 fully saturated rings. The Bertz CT molecular complexity index is 819. The molecule has 0 aliphatic heterocycles. The fourth-order valence-corrected chi connectivity index (χ4v) is 2.94. The third-order valence-corrected chi connectivity index (χ3v) is 4.39. The van der Waals surface area contributed by atoms with Gasteiger partial charge in [-0.05, 0) is 32.9 Å². The van der Waals surface area contributed by atoms with Gasteiger partial charge in [0.25, 0.3) is 5.69 Å². The smallest absolute Gasteiger partial charge is 0.357 e. The van der Waals surface area contributed by atoms with E-state index in [0.717, 1.165) is 0 Å². The van der Waals surface area contributed by atoms with Crippen LogP contribution in [-0.2, 0) is 11.3 Å². The van der Waals surface area contributed by atoms with Gasteiger partial charge < -0.3 is 15.0 Å². The summed E-state index contributed by atoms with van der Waals surface area (Å²) in [5.74, 6) is -0.494. The fourth-order valence-electron chi connectivity index (χ4n) is 2.18. The molecule has 10 heteroatoms. The summed E-state index contributed by atoms with van der Waals surface area (Å²) in [5.41, 5.74) is 0.613. The summed E-state index contributed by atoms with van der Waals surface area (Å²) in [4.78, 5) is 40.3. The maximum atomic E-state index is 12.6. The van der Waals surface area contributed by atoms with Crippen molar-refractivity contribution in [1.29, 1.82) is 0 Å². The van der Waals surface area contributed by atoms with Crippen molar-refractivity contribution in [2.24, 2.45) is 0 Å². The van der Waals surface area contributed by atoms with Crippen LogP contribution in [0.15, 0.2) is 29.6 Å². The van der Waals surface area contributed by atoms with E-state index in [2.05, 4.69) is 10.3 Å². The standard InChI is InChI=1S/C17H20N4O5S/c1-4-26-16(22)14-10-27-15(19-14)9-20(11(2)3)17(23)18-12-5-7-13(8-6-12)21(24)25/h5-8,10-11H,4,9H2,1-3H3,(H,18,23). The van der Waals surface area contributed by atoms with E-state index in [-0.39, 0.29) is 36.6 Å². The molecule has 0 saturated carbocycles. The SMILES string of the molecule is CCOC(=O)c1csc(CN(C(=O)Nc2ccc([N+](=O)[O-])cc2)C(C)C)n1. The molecular weight excluding hydrogens is 372 g/mol. The minimum Gasteiger partial charge on any atom is -0.461 e. The van der Waals surface area contributed by atoms with Gasteiger partial charge in [-0.1, -0.05) is 0 Å². The Balaban J connectivity index is 2.06. The van der Waals surface area contributed by atoms with Gasteiger partial charge >= 0.3 is 12.0 Å². The van der Waals surface area contributed by atoms with Crippen LogP contribution in [-0.4, -0.2) is 39.5 Å². The lowest BCUT2D eigenvalue weighted by Crippen LogP contribution is -2.39. The number of rotatable bonds is 7. The maximum Gasteiger partial charge on any atom is 0.357 e. The van der Waals surface area contributed by atoms with E-state index in [1.165, 1.54) is 35.6 Å². The van der Waals surface area contributed by atoms with Gasteiger partial charge in [0.05, 0.1) is 18.1 Å². The Morgan fingerprint density at radius 3 is 2.56 bits per heavy atom. The lowest BCUT2D eigenvalue weighted by Gasteiger charge is -2.26. The molecule has 0 spiro atoms. The number of benzene rings is 1. The van der Waals surface area contributed by atoms with Crippen LogP contribution in [0.1, 0.15) is 36.3 Å². The summed E-state index contributed by atoms with van der Waals surface area (Å²) in [7, 11) is 0. The Labute approximate surface area is 160 Å². The molecule has 1 N–H and O–H groups in total. The maximum absolute atomic E-state index is 12.6. The van der Waals surface area contributed by atoms with E-state index in [9.17, 15) is 19.7 Å². The van der Waals surface area contributed by atoms with Crippen molar-refractivity contribution in [1.82, 2.24) is 9.88 Å². The van der Waals surface area contributed by atoms with E-state index in [4.69, 9.17) is 4.74 Å². The average molecular weight is 392 g/mol. The van der Waals surface area contributed by atoms with Gasteiger partial charge in [-0.25, -0.2) is 14.6 Å². The van der Waals surface area contributed by atoms with E-state index in [0.29, 0.717) is 10.7 Å². The molecule has 9 nitrogen and oxygen atoms in total. The minimum absolute atomic E-state index is 0.0528. The number of aromatic nitrogens is 1. The second-order valence-corrected chi connectivity index (χ2v) is 6.75. The highest BCUT2D eigenvalue weighted by molar-refractivity contribution is 7.09. The summed E-state index contributed by atoms with van der Waals surface area (Å²) in [6.45, 7) is 5.92. The number of hydrogen-bond acceptors (Lipinski definition) is 7. The molecule has 144 valence electrons. The zero-order chi connectivity index (χ0) is 20.0. The van der Waals surface area contributed by atoms with Crippen LogP contribution in [0.5, 0.6) is 0 Å². The molecule has 2 aromatic rings. The predicted molar refractivity (Wildman–Crippen MR) is 101 cm³/mol. The monoisotopic (exact) mass is 392 g/mol. The van der Waals surface area contributed by atoms with E-state index < -0.39 is 10.9 Å². The Hall–Kier alpha value is -3.01.